The largest absolute Gasteiger partial charge is 0.472 e. The number of aromatic nitrogens is 4. The van der Waals surface area contributed by atoms with Crippen LogP contribution in [0.1, 0.15) is 11.4 Å². The lowest BCUT2D eigenvalue weighted by atomic mass is 10.0. The van der Waals surface area contributed by atoms with Gasteiger partial charge in [-0.15, -0.1) is 5.10 Å². The second-order valence-corrected chi connectivity index (χ2v) is 8.50. The predicted octanol–water partition coefficient (Wildman–Crippen LogP) is 1.52. The second kappa shape index (κ2) is 7.68. The Kier molecular flexibility index (Phi) is 5.16. The summed E-state index contributed by atoms with van der Waals surface area (Å²) in [6.45, 7) is 1.20. The molecule has 2 aromatic carbocycles. The summed E-state index contributed by atoms with van der Waals surface area (Å²) in [6.07, 6.45) is 0. The maximum absolute atomic E-state index is 12.7. The summed E-state index contributed by atoms with van der Waals surface area (Å²) < 4.78 is 43.2. The molecular formula is C18H17N5O7S. The number of rotatable bonds is 7. The van der Waals surface area contributed by atoms with Gasteiger partial charge in [-0.1, -0.05) is 17.7 Å². The fourth-order valence-corrected chi connectivity index (χ4v) is 4.12. The van der Waals surface area contributed by atoms with Gasteiger partial charge in [-0.2, -0.15) is 13.1 Å². The molecular weight excluding hydrogens is 430 g/mol. The predicted molar refractivity (Wildman–Crippen MR) is 104 cm³/mol. The van der Waals surface area contributed by atoms with Gasteiger partial charge in [-0.05, 0) is 35.5 Å². The highest BCUT2D eigenvalue weighted by Crippen LogP contribution is 2.40. The molecule has 12 nitrogen and oxygen atoms in total. The first-order chi connectivity index (χ1) is 14.8. The minimum absolute atomic E-state index is 0.0166. The van der Waals surface area contributed by atoms with Crippen LogP contribution in [0.3, 0.4) is 0 Å². The number of methoxy groups -OCH3 is 1. The van der Waals surface area contributed by atoms with Gasteiger partial charge in [0.05, 0.1) is 16.4 Å². The van der Waals surface area contributed by atoms with Gasteiger partial charge in [0, 0.05) is 19.2 Å². The second-order valence-electron chi connectivity index (χ2n) is 6.88. The van der Waals surface area contributed by atoms with Crippen molar-refractivity contribution in [1.29, 1.82) is 0 Å². The number of aryl methyl sites for hydroxylation is 1. The van der Waals surface area contributed by atoms with Crippen LogP contribution in [0.15, 0.2) is 47.4 Å². The Balaban J connectivity index is 1.71. The summed E-state index contributed by atoms with van der Waals surface area (Å²) in [5.41, 5.74) is -0.557. The number of hydrogen-bond donors (Lipinski definition) is 0. The summed E-state index contributed by atoms with van der Waals surface area (Å²) in [6, 6.07) is 10.1. The summed E-state index contributed by atoms with van der Waals surface area (Å²) in [4.78, 5) is 10.6. The van der Waals surface area contributed by atoms with Gasteiger partial charge in [0.15, 0.2) is 0 Å². The normalized spacial score (nSPS) is 17.5. The number of ether oxygens (including phenoxy) is 2. The molecule has 0 radical (unpaired) electrons. The molecule has 0 saturated heterocycles. The number of benzene rings is 2. The lowest BCUT2D eigenvalue weighted by Gasteiger charge is -2.35. The van der Waals surface area contributed by atoms with E-state index in [1.807, 2.05) is 6.92 Å². The van der Waals surface area contributed by atoms with Crippen LogP contribution < -0.4 is 4.74 Å². The van der Waals surface area contributed by atoms with Gasteiger partial charge in [-0.25, -0.2) is 0 Å². The molecule has 0 bridgehead atoms. The van der Waals surface area contributed by atoms with Crippen molar-refractivity contribution < 1.29 is 27.0 Å². The molecule has 1 atom stereocenters. The lowest BCUT2D eigenvalue weighted by Crippen LogP contribution is -2.47. The van der Waals surface area contributed by atoms with Crippen LogP contribution in [0.5, 0.6) is 5.75 Å². The van der Waals surface area contributed by atoms with E-state index in [2.05, 4.69) is 15.5 Å². The van der Waals surface area contributed by atoms with E-state index in [4.69, 9.17) is 13.7 Å². The van der Waals surface area contributed by atoms with E-state index in [9.17, 15) is 18.5 Å². The molecule has 2 heterocycles. The van der Waals surface area contributed by atoms with Crippen LogP contribution >= 0.6 is 0 Å². The first-order valence-electron chi connectivity index (χ1n) is 8.97. The summed E-state index contributed by atoms with van der Waals surface area (Å²) in [7, 11) is -2.71. The van der Waals surface area contributed by atoms with Crippen molar-refractivity contribution in [3.05, 3.63) is 64.0 Å². The van der Waals surface area contributed by atoms with Crippen LogP contribution in [0.4, 0.5) is 5.69 Å². The third-order valence-electron chi connectivity index (χ3n) is 4.70. The maximum Gasteiger partial charge on any atom is 0.297 e. The SMILES string of the molecule is COCC1(COS(=O)(=O)c2ccc(C)cc2)Oc2ccc([N+](=O)[O-])cc2-n2nnnc21. The first kappa shape index (κ1) is 20.8. The molecule has 31 heavy (non-hydrogen) atoms. The number of tetrazole rings is 1. The summed E-state index contributed by atoms with van der Waals surface area (Å²) in [5, 5.41) is 22.6. The summed E-state index contributed by atoms with van der Waals surface area (Å²) >= 11 is 0. The third-order valence-corrected chi connectivity index (χ3v) is 5.98. The van der Waals surface area contributed by atoms with Crippen LogP contribution in [0, 0.1) is 17.0 Å². The Hall–Kier alpha value is -3.42. The maximum atomic E-state index is 12.7. The molecule has 0 aliphatic carbocycles. The fourth-order valence-electron chi connectivity index (χ4n) is 3.17. The van der Waals surface area contributed by atoms with Crippen LogP contribution in [-0.4, -0.2) is 53.9 Å². The molecule has 13 heteroatoms. The van der Waals surface area contributed by atoms with Crippen LogP contribution in [0.25, 0.3) is 5.69 Å². The van der Waals surface area contributed by atoms with Crippen molar-refractivity contribution in [2.45, 2.75) is 17.4 Å². The minimum atomic E-state index is -4.12. The third kappa shape index (κ3) is 3.73. The molecule has 1 aliphatic heterocycles. The molecule has 3 aromatic rings. The zero-order valence-corrected chi connectivity index (χ0v) is 17.3. The van der Waals surface area contributed by atoms with Crippen molar-refractivity contribution in [1.82, 2.24) is 20.2 Å². The average molecular weight is 447 g/mol. The number of hydrogen-bond acceptors (Lipinski definition) is 10. The molecule has 0 spiro atoms. The number of nitro benzene ring substituents is 1. The highest BCUT2D eigenvalue weighted by molar-refractivity contribution is 7.86. The van der Waals surface area contributed by atoms with Crippen LogP contribution in [0.2, 0.25) is 0 Å². The highest BCUT2D eigenvalue weighted by atomic mass is 32.2. The Bertz CT molecular complexity index is 1240. The number of nitrogens with zero attached hydrogens (tertiary/aromatic N) is 5. The van der Waals surface area contributed by atoms with Gasteiger partial charge >= 0.3 is 0 Å². The van der Waals surface area contributed by atoms with Crippen molar-refractivity contribution >= 4 is 15.8 Å². The zero-order chi connectivity index (χ0) is 22.2. The number of non-ortho nitro benzene ring substituents is 1. The van der Waals surface area contributed by atoms with Crippen molar-refractivity contribution in [3.63, 3.8) is 0 Å². The Labute approximate surface area is 176 Å². The standard InChI is InChI=1S/C18H17N5O7S/c1-12-3-6-14(7-4-12)31(26,27)29-11-18(10-28-2)17-19-20-21-22(17)15-9-13(23(24)25)5-8-16(15)30-18/h3-9H,10-11H2,1-2H3. The first-order valence-corrected chi connectivity index (χ1v) is 10.4. The van der Waals surface area contributed by atoms with Crippen molar-refractivity contribution in [2.75, 3.05) is 20.3 Å². The van der Waals surface area contributed by atoms with Gasteiger partial charge in [0.2, 0.25) is 11.4 Å². The lowest BCUT2D eigenvalue weighted by molar-refractivity contribution is -0.384. The highest BCUT2D eigenvalue weighted by Gasteiger charge is 2.47. The topological polar surface area (TPSA) is 149 Å². The molecule has 1 unspecified atom stereocenters. The van der Waals surface area contributed by atoms with E-state index in [1.54, 1.807) is 12.1 Å². The molecule has 0 fully saturated rings. The van der Waals surface area contributed by atoms with Gasteiger partial charge in [-0.3, -0.25) is 14.3 Å². The number of fused-ring (bicyclic) bond motifs is 3. The Morgan fingerprint density at radius 2 is 1.94 bits per heavy atom. The van der Waals surface area contributed by atoms with E-state index >= 15 is 0 Å². The van der Waals surface area contributed by atoms with Gasteiger partial charge in [0.25, 0.3) is 15.8 Å². The van der Waals surface area contributed by atoms with E-state index in [0.717, 1.165) is 5.56 Å². The van der Waals surface area contributed by atoms with E-state index in [1.165, 1.54) is 42.1 Å². The quantitative estimate of drug-likeness (QED) is 0.296. The van der Waals surface area contributed by atoms with Crippen molar-refractivity contribution in [2.24, 2.45) is 0 Å². The molecule has 0 saturated carbocycles. The smallest absolute Gasteiger partial charge is 0.297 e. The molecule has 4 rings (SSSR count). The van der Waals surface area contributed by atoms with Gasteiger partial charge in [0.1, 0.15) is 18.0 Å². The zero-order valence-electron chi connectivity index (χ0n) is 16.5. The van der Waals surface area contributed by atoms with E-state index < -0.39 is 27.2 Å². The molecule has 0 amide bonds. The minimum Gasteiger partial charge on any atom is -0.472 e. The fraction of sp³-hybridized carbons (Fsp3) is 0.278. The molecule has 1 aliphatic rings. The molecule has 1 aromatic heterocycles. The van der Waals surface area contributed by atoms with E-state index in [-0.39, 0.29) is 34.5 Å². The van der Waals surface area contributed by atoms with E-state index in [0.29, 0.717) is 0 Å². The Morgan fingerprint density at radius 3 is 2.61 bits per heavy atom. The summed E-state index contributed by atoms with van der Waals surface area (Å²) in [5.74, 6) is 0.292. The molecule has 0 N–H and O–H groups in total. The Morgan fingerprint density at radius 1 is 1.19 bits per heavy atom. The molecule has 162 valence electrons. The van der Waals surface area contributed by atoms with Crippen LogP contribution in [-0.2, 0) is 24.6 Å². The monoisotopic (exact) mass is 447 g/mol. The van der Waals surface area contributed by atoms with Crippen molar-refractivity contribution in [3.8, 4) is 11.4 Å². The van der Waals surface area contributed by atoms with Gasteiger partial charge < -0.3 is 9.47 Å². The number of nitro groups is 1. The average Bonchev–Trinajstić information content (AvgIpc) is 3.24.